The van der Waals surface area contributed by atoms with Gasteiger partial charge in [-0.25, -0.2) is 4.39 Å². The molecule has 4 heteroatoms. The summed E-state index contributed by atoms with van der Waals surface area (Å²) in [6.07, 6.45) is 1.10. The molecule has 0 aliphatic heterocycles. The highest BCUT2D eigenvalue weighted by Gasteiger charge is 2.11. The van der Waals surface area contributed by atoms with Gasteiger partial charge in [0, 0.05) is 16.0 Å². The van der Waals surface area contributed by atoms with Gasteiger partial charge >= 0.3 is 0 Å². The minimum absolute atomic E-state index is 0.0887. The van der Waals surface area contributed by atoms with Crippen molar-refractivity contribution in [3.8, 4) is 16.9 Å². The lowest BCUT2D eigenvalue weighted by molar-refractivity contribution is 0.476. The summed E-state index contributed by atoms with van der Waals surface area (Å²) < 4.78 is 13.7. The summed E-state index contributed by atoms with van der Waals surface area (Å²) >= 11 is 4.06. The second kappa shape index (κ2) is 7.92. The van der Waals surface area contributed by atoms with Crippen molar-refractivity contribution in [2.75, 3.05) is 6.54 Å². The Morgan fingerprint density at radius 2 is 1.90 bits per heavy atom. The molecule has 2 aromatic rings. The number of thiol groups is 1. The third-order valence-electron chi connectivity index (χ3n) is 2.76. The van der Waals surface area contributed by atoms with Gasteiger partial charge in [-0.15, -0.1) is 12.6 Å². The Morgan fingerprint density at radius 1 is 1.25 bits per heavy atom. The van der Waals surface area contributed by atoms with E-state index in [1.54, 1.807) is 24.3 Å². The fraction of sp³-hybridized carbons (Fsp3) is 0.250. The molecule has 2 nitrogen and oxygen atoms in total. The number of aromatic hydroxyl groups is 1. The summed E-state index contributed by atoms with van der Waals surface area (Å²) in [7, 11) is 0. The first-order chi connectivity index (χ1) is 9.51. The fourth-order valence-corrected chi connectivity index (χ4v) is 1.90. The number of phenols is 1. The number of aryl methyl sites for hydroxylation is 1. The lowest BCUT2D eigenvalue weighted by Crippen LogP contribution is -1.93. The first-order valence-electron chi connectivity index (χ1n) is 6.48. The van der Waals surface area contributed by atoms with E-state index in [0.29, 0.717) is 16.0 Å². The highest BCUT2D eigenvalue weighted by Crippen LogP contribution is 2.34. The molecule has 0 saturated heterocycles. The van der Waals surface area contributed by atoms with Crippen molar-refractivity contribution in [2.45, 2.75) is 25.2 Å². The quantitative estimate of drug-likeness (QED) is 0.728. The molecular weight excluding hydrogens is 273 g/mol. The Balaban J connectivity index is 0.000000444. The van der Waals surface area contributed by atoms with Gasteiger partial charge in [0.05, 0.1) is 0 Å². The maximum Gasteiger partial charge on any atom is 0.132 e. The minimum Gasteiger partial charge on any atom is -0.507 e. The summed E-state index contributed by atoms with van der Waals surface area (Å²) in [5, 5.41) is 9.75. The predicted octanol–water partition coefficient (Wildman–Crippen LogP) is 4.15. The van der Waals surface area contributed by atoms with Gasteiger partial charge in [0.1, 0.15) is 11.6 Å². The number of benzene rings is 2. The van der Waals surface area contributed by atoms with Crippen LogP contribution in [0.2, 0.25) is 0 Å². The minimum atomic E-state index is -0.378. The van der Waals surface area contributed by atoms with Crippen molar-refractivity contribution in [1.82, 2.24) is 0 Å². The molecule has 108 valence electrons. The smallest absolute Gasteiger partial charge is 0.132 e. The van der Waals surface area contributed by atoms with Crippen LogP contribution in [0, 0.1) is 12.7 Å². The summed E-state index contributed by atoms with van der Waals surface area (Å²) in [6, 6.07) is 9.79. The maximum absolute atomic E-state index is 13.7. The average Bonchev–Trinajstić information content (AvgIpc) is 2.41. The van der Waals surface area contributed by atoms with E-state index in [0.717, 1.165) is 18.5 Å². The molecule has 0 spiro atoms. The Hall–Kier alpha value is -1.52. The van der Waals surface area contributed by atoms with Gasteiger partial charge in [0.25, 0.3) is 0 Å². The van der Waals surface area contributed by atoms with Crippen LogP contribution in [0.1, 0.15) is 18.9 Å². The van der Waals surface area contributed by atoms with Crippen LogP contribution in [0.5, 0.6) is 5.75 Å². The van der Waals surface area contributed by atoms with Gasteiger partial charge < -0.3 is 10.8 Å². The molecule has 0 aromatic heterocycles. The molecule has 0 unspecified atom stereocenters. The standard InChI is InChI=1S/C13H11FOS.C3H9N/c1-8-3-2-4-12(15)13(8)10-6-5-9(16)7-11(10)14;1-2-3-4/h2-7,15-16H,1H3;2-4H2,1H3. The first kappa shape index (κ1) is 16.5. The Labute approximate surface area is 124 Å². The molecule has 2 aromatic carbocycles. The third kappa shape index (κ3) is 4.25. The van der Waals surface area contributed by atoms with Gasteiger partial charge in [0.2, 0.25) is 0 Å². The van der Waals surface area contributed by atoms with E-state index < -0.39 is 0 Å². The zero-order valence-corrected chi connectivity index (χ0v) is 12.6. The number of hydrogen-bond acceptors (Lipinski definition) is 3. The van der Waals surface area contributed by atoms with Gasteiger partial charge in [-0.2, -0.15) is 0 Å². The molecule has 0 heterocycles. The van der Waals surface area contributed by atoms with Gasteiger partial charge in [0.15, 0.2) is 0 Å². The summed E-state index contributed by atoms with van der Waals surface area (Å²) in [4.78, 5) is 0.564. The zero-order valence-electron chi connectivity index (χ0n) is 11.7. The van der Waals surface area contributed by atoms with Crippen molar-refractivity contribution in [2.24, 2.45) is 5.73 Å². The van der Waals surface area contributed by atoms with E-state index in [9.17, 15) is 9.50 Å². The van der Waals surface area contributed by atoms with Crippen LogP contribution in [-0.4, -0.2) is 11.7 Å². The number of rotatable bonds is 2. The van der Waals surface area contributed by atoms with Crippen molar-refractivity contribution in [3.05, 3.63) is 47.8 Å². The first-order valence-corrected chi connectivity index (χ1v) is 6.93. The van der Waals surface area contributed by atoms with Crippen LogP contribution in [0.3, 0.4) is 0 Å². The lowest BCUT2D eigenvalue weighted by atomic mass is 9.99. The van der Waals surface area contributed by atoms with Crippen LogP contribution in [0.4, 0.5) is 4.39 Å². The summed E-state index contributed by atoms with van der Waals surface area (Å²) in [6.45, 7) is 4.71. The number of phenolic OH excluding ortho intramolecular Hbond substituents is 1. The molecular formula is C16H20FNOS. The predicted molar refractivity (Wildman–Crippen MR) is 84.8 cm³/mol. The van der Waals surface area contributed by atoms with E-state index in [-0.39, 0.29) is 11.6 Å². The Bertz CT molecular complexity index is 550. The number of halogens is 1. The molecule has 2 rings (SSSR count). The van der Waals surface area contributed by atoms with Crippen LogP contribution >= 0.6 is 12.6 Å². The van der Waals surface area contributed by atoms with Gasteiger partial charge in [-0.05, 0) is 43.7 Å². The van der Waals surface area contributed by atoms with Gasteiger partial charge in [-0.1, -0.05) is 25.1 Å². The highest BCUT2D eigenvalue weighted by atomic mass is 32.1. The van der Waals surface area contributed by atoms with Crippen molar-refractivity contribution in [1.29, 1.82) is 0 Å². The second-order valence-corrected chi connectivity index (χ2v) is 4.94. The molecule has 0 bridgehead atoms. The SMILES string of the molecule is CCCN.Cc1cccc(O)c1-c1ccc(S)cc1F. The highest BCUT2D eigenvalue weighted by molar-refractivity contribution is 7.80. The number of nitrogens with two attached hydrogens (primary N) is 1. The lowest BCUT2D eigenvalue weighted by Gasteiger charge is -2.09. The molecule has 0 fully saturated rings. The van der Waals surface area contributed by atoms with Crippen LogP contribution in [0.25, 0.3) is 11.1 Å². The molecule has 0 radical (unpaired) electrons. The van der Waals surface area contributed by atoms with E-state index in [1.807, 2.05) is 13.0 Å². The largest absolute Gasteiger partial charge is 0.507 e. The molecule has 0 saturated carbocycles. The van der Waals surface area contributed by atoms with Crippen molar-refractivity contribution >= 4 is 12.6 Å². The molecule has 0 atom stereocenters. The monoisotopic (exact) mass is 293 g/mol. The van der Waals surface area contributed by atoms with Crippen molar-refractivity contribution in [3.63, 3.8) is 0 Å². The van der Waals surface area contributed by atoms with Crippen LogP contribution in [-0.2, 0) is 0 Å². The summed E-state index contributed by atoms with van der Waals surface area (Å²) in [5.41, 5.74) is 6.80. The second-order valence-electron chi connectivity index (χ2n) is 4.42. The van der Waals surface area contributed by atoms with Crippen LogP contribution in [0.15, 0.2) is 41.3 Å². The number of hydrogen-bond donors (Lipinski definition) is 3. The third-order valence-corrected chi connectivity index (χ3v) is 3.04. The molecule has 0 aliphatic carbocycles. The van der Waals surface area contributed by atoms with Crippen molar-refractivity contribution < 1.29 is 9.50 Å². The molecule has 3 N–H and O–H groups in total. The maximum atomic E-state index is 13.7. The van der Waals surface area contributed by atoms with Crippen LogP contribution < -0.4 is 5.73 Å². The van der Waals surface area contributed by atoms with E-state index in [4.69, 9.17) is 5.73 Å². The molecule has 0 aliphatic rings. The Morgan fingerprint density at radius 3 is 2.40 bits per heavy atom. The molecule has 0 amide bonds. The zero-order chi connectivity index (χ0) is 15.1. The topological polar surface area (TPSA) is 46.2 Å². The summed E-state index contributed by atoms with van der Waals surface area (Å²) in [5.74, 6) is -0.289. The normalized spacial score (nSPS) is 9.85. The molecule has 20 heavy (non-hydrogen) atoms. The van der Waals surface area contributed by atoms with E-state index in [2.05, 4.69) is 19.6 Å². The van der Waals surface area contributed by atoms with E-state index >= 15 is 0 Å². The fourth-order valence-electron chi connectivity index (χ4n) is 1.71. The Kier molecular flexibility index (Phi) is 6.55. The van der Waals surface area contributed by atoms with E-state index in [1.165, 1.54) is 6.07 Å². The average molecular weight is 293 g/mol. The van der Waals surface area contributed by atoms with Gasteiger partial charge in [-0.3, -0.25) is 0 Å².